The van der Waals surface area contributed by atoms with Gasteiger partial charge in [0.2, 0.25) is 0 Å². The lowest BCUT2D eigenvalue weighted by Crippen LogP contribution is -2.40. The van der Waals surface area contributed by atoms with Gasteiger partial charge in [0.25, 0.3) is 5.91 Å². The van der Waals surface area contributed by atoms with E-state index in [2.05, 4.69) is 31.3 Å². The second-order valence-corrected chi connectivity index (χ2v) is 6.93. The summed E-state index contributed by atoms with van der Waals surface area (Å²) in [5.74, 6) is 1.16. The molecule has 2 aromatic rings. The van der Waals surface area contributed by atoms with E-state index in [1.807, 2.05) is 56.3 Å². The highest BCUT2D eigenvalue weighted by Crippen LogP contribution is 2.22. The predicted octanol–water partition coefficient (Wildman–Crippen LogP) is 5.06. The second-order valence-electron chi connectivity index (χ2n) is 6.93. The standard InChI is InChI=1S/C22H29NO2/c1-5-21(25-19-13-11-17(4)12-14-19)22(24)23-20(15-16(2)3)18-9-7-6-8-10-18/h6-14,16,20-21H,5,15H2,1-4H3,(H,23,24). The first-order valence-corrected chi connectivity index (χ1v) is 9.08. The second kappa shape index (κ2) is 9.26. The van der Waals surface area contributed by atoms with Crippen molar-refractivity contribution in [2.45, 2.75) is 52.7 Å². The number of carbonyl (C=O) groups is 1. The van der Waals surface area contributed by atoms with Crippen molar-refractivity contribution in [1.82, 2.24) is 5.32 Å². The van der Waals surface area contributed by atoms with E-state index in [4.69, 9.17) is 4.74 Å². The largest absolute Gasteiger partial charge is 0.481 e. The molecule has 1 amide bonds. The smallest absolute Gasteiger partial charge is 0.261 e. The summed E-state index contributed by atoms with van der Waals surface area (Å²) < 4.78 is 5.91. The zero-order valence-corrected chi connectivity index (χ0v) is 15.7. The van der Waals surface area contributed by atoms with Crippen molar-refractivity contribution in [3.05, 3.63) is 65.7 Å². The molecule has 0 bridgehead atoms. The minimum atomic E-state index is -0.485. The first-order chi connectivity index (χ1) is 12.0. The van der Waals surface area contributed by atoms with E-state index >= 15 is 0 Å². The number of benzene rings is 2. The van der Waals surface area contributed by atoms with E-state index in [9.17, 15) is 4.79 Å². The summed E-state index contributed by atoms with van der Waals surface area (Å²) in [6.07, 6.45) is 1.04. The van der Waals surface area contributed by atoms with Crippen LogP contribution in [0.25, 0.3) is 0 Å². The molecule has 0 aliphatic carbocycles. The third kappa shape index (κ3) is 5.93. The Morgan fingerprint density at radius 1 is 1.04 bits per heavy atom. The van der Waals surface area contributed by atoms with Crippen LogP contribution in [0.4, 0.5) is 0 Å². The average molecular weight is 339 g/mol. The number of aryl methyl sites for hydroxylation is 1. The number of ether oxygens (including phenoxy) is 1. The molecule has 1 N–H and O–H groups in total. The van der Waals surface area contributed by atoms with E-state index in [1.165, 1.54) is 5.56 Å². The van der Waals surface area contributed by atoms with Crippen LogP contribution in [-0.4, -0.2) is 12.0 Å². The topological polar surface area (TPSA) is 38.3 Å². The number of rotatable bonds is 8. The van der Waals surface area contributed by atoms with Crippen LogP contribution < -0.4 is 10.1 Å². The van der Waals surface area contributed by atoms with Crippen LogP contribution in [0.1, 0.15) is 50.8 Å². The number of carbonyl (C=O) groups excluding carboxylic acids is 1. The Bertz CT molecular complexity index is 649. The van der Waals surface area contributed by atoms with Gasteiger partial charge >= 0.3 is 0 Å². The fourth-order valence-corrected chi connectivity index (χ4v) is 2.80. The number of hydrogen-bond donors (Lipinski definition) is 1. The van der Waals surface area contributed by atoms with Crippen LogP contribution in [0.2, 0.25) is 0 Å². The third-order valence-corrected chi connectivity index (χ3v) is 4.19. The molecule has 0 fully saturated rings. The molecule has 2 rings (SSSR count). The van der Waals surface area contributed by atoms with Gasteiger partial charge in [0.15, 0.2) is 6.10 Å². The summed E-state index contributed by atoms with van der Waals surface area (Å²) in [4.78, 5) is 12.8. The third-order valence-electron chi connectivity index (χ3n) is 4.19. The van der Waals surface area contributed by atoms with Gasteiger partial charge < -0.3 is 10.1 Å². The van der Waals surface area contributed by atoms with Crippen LogP contribution in [0.3, 0.4) is 0 Å². The maximum Gasteiger partial charge on any atom is 0.261 e. The Kier molecular flexibility index (Phi) is 7.05. The van der Waals surface area contributed by atoms with E-state index in [1.54, 1.807) is 0 Å². The lowest BCUT2D eigenvalue weighted by Gasteiger charge is -2.24. The summed E-state index contributed by atoms with van der Waals surface area (Å²) >= 11 is 0. The molecule has 2 atom stereocenters. The van der Waals surface area contributed by atoms with Crippen molar-refractivity contribution in [2.75, 3.05) is 0 Å². The molecule has 2 aromatic carbocycles. The van der Waals surface area contributed by atoms with Crippen LogP contribution in [0.5, 0.6) is 5.75 Å². The average Bonchev–Trinajstić information content (AvgIpc) is 2.61. The highest BCUT2D eigenvalue weighted by Gasteiger charge is 2.23. The van der Waals surface area contributed by atoms with Crippen molar-refractivity contribution in [3.8, 4) is 5.75 Å². The summed E-state index contributed by atoms with van der Waals surface area (Å²) in [6.45, 7) is 8.34. The zero-order valence-electron chi connectivity index (χ0n) is 15.7. The normalized spacial score (nSPS) is 13.3. The van der Waals surface area contributed by atoms with Gasteiger partial charge in [0, 0.05) is 0 Å². The molecule has 0 aromatic heterocycles. The monoisotopic (exact) mass is 339 g/mol. The first kappa shape index (κ1) is 19.0. The molecule has 25 heavy (non-hydrogen) atoms. The molecule has 134 valence electrons. The minimum Gasteiger partial charge on any atom is -0.481 e. The summed E-state index contributed by atoms with van der Waals surface area (Å²) in [5, 5.41) is 3.18. The molecule has 0 aliphatic heterocycles. The molecule has 3 heteroatoms. The fourth-order valence-electron chi connectivity index (χ4n) is 2.80. The molecule has 0 heterocycles. The Hall–Kier alpha value is -2.29. The van der Waals surface area contributed by atoms with Gasteiger partial charge in [0.1, 0.15) is 5.75 Å². The van der Waals surface area contributed by atoms with Gasteiger partial charge in [-0.05, 0) is 43.4 Å². The predicted molar refractivity (Wildman–Crippen MR) is 103 cm³/mol. The Morgan fingerprint density at radius 2 is 1.68 bits per heavy atom. The van der Waals surface area contributed by atoms with E-state index in [0.29, 0.717) is 12.3 Å². The summed E-state index contributed by atoms with van der Waals surface area (Å²) in [5.41, 5.74) is 2.31. The van der Waals surface area contributed by atoms with Crippen LogP contribution in [-0.2, 0) is 4.79 Å². The molecule has 0 spiro atoms. The van der Waals surface area contributed by atoms with Crippen LogP contribution in [0.15, 0.2) is 54.6 Å². The molecule has 0 radical (unpaired) electrons. The van der Waals surface area contributed by atoms with Crippen molar-refractivity contribution in [3.63, 3.8) is 0 Å². The van der Waals surface area contributed by atoms with Gasteiger partial charge in [-0.15, -0.1) is 0 Å². The summed E-state index contributed by atoms with van der Waals surface area (Å²) in [7, 11) is 0. The lowest BCUT2D eigenvalue weighted by atomic mass is 9.96. The highest BCUT2D eigenvalue weighted by atomic mass is 16.5. The van der Waals surface area contributed by atoms with Crippen molar-refractivity contribution >= 4 is 5.91 Å². The van der Waals surface area contributed by atoms with E-state index in [-0.39, 0.29) is 11.9 Å². The Morgan fingerprint density at radius 3 is 2.24 bits per heavy atom. The van der Waals surface area contributed by atoms with Crippen molar-refractivity contribution in [2.24, 2.45) is 5.92 Å². The highest BCUT2D eigenvalue weighted by molar-refractivity contribution is 5.81. The molecule has 3 nitrogen and oxygen atoms in total. The van der Waals surface area contributed by atoms with Gasteiger partial charge in [-0.25, -0.2) is 0 Å². The van der Waals surface area contributed by atoms with Crippen LogP contribution >= 0.6 is 0 Å². The molecule has 2 unspecified atom stereocenters. The zero-order chi connectivity index (χ0) is 18.2. The van der Waals surface area contributed by atoms with Gasteiger partial charge in [0.05, 0.1) is 6.04 Å². The fraction of sp³-hybridized carbons (Fsp3) is 0.409. The molecular weight excluding hydrogens is 310 g/mol. The van der Waals surface area contributed by atoms with Crippen molar-refractivity contribution < 1.29 is 9.53 Å². The Balaban J connectivity index is 2.08. The van der Waals surface area contributed by atoms with Gasteiger partial charge in [-0.1, -0.05) is 68.8 Å². The number of hydrogen-bond acceptors (Lipinski definition) is 2. The molecule has 0 aliphatic rings. The van der Waals surface area contributed by atoms with Crippen LogP contribution in [0, 0.1) is 12.8 Å². The number of nitrogens with one attached hydrogen (secondary N) is 1. The SMILES string of the molecule is CCC(Oc1ccc(C)cc1)C(=O)NC(CC(C)C)c1ccccc1. The quantitative estimate of drug-likeness (QED) is 0.730. The number of amides is 1. The molecule has 0 saturated carbocycles. The van der Waals surface area contributed by atoms with E-state index < -0.39 is 6.10 Å². The first-order valence-electron chi connectivity index (χ1n) is 9.08. The lowest BCUT2D eigenvalue weighted by molar-refractivity contribution is -0.129. The molecule has 0 saturated heterocycles. The summed E-state index contributed by atoms with van der Waals surface area (Å²) in [6, 6.07) is 17.9. The van der Waals surface area contributed by atoms with Gasteiger partial charge in [-0.2, -0.15) is 0 Å². The van der Waals surface area contributed by atoms with E-state index in [0.717, 1.165) is 17.7 Å². The maximum absolute atomic E-state index is 12.8. The Labute approximate surface area is 151 Å². The maximum atomic E-state index is 12.8. The van der Waals surface area contributed by atoms with Gasteiger partial charge in [-0.3, -0.25) is 4.79 Å². The minimum absolute atomic E-state index is 0.00404. The van der Waals surface area contributed by atoms with Crippen molar-refractivity contribution in [1.29, 1.82) is 0 Å². The molecular formula is C22H29NO2.